The quantitative estimate of drug-likeness (QED) is 0.922. The van der Waals surface area contributed by atoms with Crippen LogP contribution < -0.4 is 5.32 Å². The standard InChI is InChI=1S/C13H17BrN4/c1-15-12(13-11(14)9-17-18(13)2)7-6-10-5-3-4-8-16-10/h3-5,8-9,12,15H,6-7H2,1-2H3. The number of nitrogens with zero attached hydrogens (tertiary/aromatic N) is 3. The summed E-state index contributed by atoms with van der Waals surface area (Å²) < 4.78 is 2.95. The summed E-state index contributed by atoms with van der Waals surface area (Å²) in [6, 6.07) is 6.30. The molecule has 18 heavy (non-hydrogen) atoms. The van der Waals surface area contributed by atoms with Gasteiger partial charge in [0.05, 0.1) is 22.4 Å². The van der Waals surface area contributed by atoms with Crippen molar-refractivity contribution in [2.45, 2.75) is 18.9 Å². The highest BCUT2D eigenvalue weighted by Crippen LogP contribution is 2.25. The summed E-state index contributed by atoms with van der Waals surface area (Å²) in [6.45, 7) is 0. The van der Waals surface area contributed by atoms with E-state index in [1.165, 1.54) is 5.69 Å². The Morgan fingerprint density at radius 1 is 1.44 bits per heavy atom. The molecule has 0 aliphatic carbocycles. The summed E-state index contributed by atoms with van der Waals surface area (Å²) in [5, 5.41) is 7.59. The molecule has 2 aromatic heterocycles. The monoisotopic (exact) mass is 308 g/mol. The van der Waals surface area contributed by atoms with Crippen LogP contribution in [-0.4, -0.2) is 21.8 Å². The first kappa shape index (κ1) is 13.2. The van der Waals surface area contributed by atoms with Gasteiger partial charge in [0.2, 0.25) is 0 Å². The smallest absolute Gasteiger partial charge is 0.0692 e. The molecule has 0 saturated heterocycles. The SMILES string of the molecule is CNC(CCc1ccccn1)c1c(Br)cnn1C. The van der Waals surface area contributed by atoms with E-state index in [0.29, 0.717) is 0 Å². The highest BCUT2D eigenvalue weighted by Gasteiger charge is 2.17. The molecular weight excluding hydrogens is 292 g/mol. The van der Waals surface area contributed by atoms with Crippen LogP contribution in [0.15, 0.2) is 35.1 Å². The second kappa shape index (κ2) is 6.11. The average Bonchev–Trinajstić information content (AvgIpc) is 2.73. The molecule has 0 bridgehead atoms. The molecular formula is C13H17BrN4. The van der Waals surface area contributed by atoms with Gasteiger partial charge in [-0.25, -0.2) is 0 Å². The van der Waals surface area contributed by atoms with Gasteiger partial charge in [0.15, 0.2) is 0 Å². The molecule has 1 unspecified atom stereocenters. The fourth-order valence-corrected chi connectivity index (χ4v) is 2.69. The van der Waals surface area contributed by atoms with Crippen LogP contribution in [0.4, 0.5) is 0 Å². The number of pyridine rings is 1. The Labute approximate surface area is 116 Å². The maximum Gasteiger partial charge on any atom is 0.0692 e. The summed E-state index contributed by atoms with van der Waals surface area (Å²) in [6.07, 6.45) is 5.61. The lowest BCUT2D eigenvalue weighted by atomic mass is 10.1. The summed E-state index contributed by atoms with van der Waals surface area (Å²) in [5.41, 5.74) is 2.30. The summed E-state index contributed by atoms with van der Waals surface area (Å²) in [5.74, 6) is 0. The molecule has 0 aromatic carbocycles. The van der Waals surface area contributed by atoms with Gasteiger partial charge in [-0.2, -0.15) is 5.10 Å². The normalized spacial score (nSPS) is 12.6. The second-order valence-corrected chi connectivity index (χ2v) is 5.06. The molecule has 0 radical (unpaired) electrons. The van der Waals surface area contributed by atoms with Crippen molar-refractivity contribution in [3.8, 4) is 0 Å². The maximum absolute atomic E-state index is 4.35. The van der Waals surface area contributed by atoms with E-state index in [-0.39, 0.29) is 6.04 Å². The Bertz CT molecular complexity index is 475. The van der Waals surface area contributed by atoms with Gasteiger partial charge < -0.3 is 5.32 Å². The van der Waals surface area contributed by atoms with Crippen LogP contribution in [0.5, 0.6) is 0 Å². The molecule has 0 spiro atoms. The second-order valence-electron chi connectivity index (χ2n) is 4.20. The molecule has 0 amide bonds. The highest BCUT2D eigenvalue weighted by molar-refractivity contribution is 9.10. The molecule has 2 rings (SSSR count). The molecule has 1 atom stereocenters. The van der Waals surface area contributed by atoms with Crippen LogP contribution in [0, 0.1) is 0 Å². The lowest BCUT2D eigenvalue weighted by Gasteiger charge is -2.17. The highest BCUT2D eigenvalue weighted by atomic mass is 79.9. The number of rotatable bonds is 5. The van der Waals surface area contributed by atoms with E-state index in [0.717, 1.165) is 23.0 Å². The Morgan fingerprint density at radius 2 is 2.28 bits per heavy atom. The Balaban J connectivity index is 2.07. The molecule has 0 aliphatic heterocycles. The number of aryl methyl sites for hydroxylation is 2. The Hall–Kier alpha value is -1.20. The van der Waals surface area contributed by atoms with Gasteiger partial charge in [0, 0.05) is 18.9 Å². The van der Waals surface area contributed by atoms with Crippen LogP contribution in [-0.2, 0) is 13.5 Å². The summed E-state index contributed by atoms with van der Waals surface area (Å²) in [4.78, 5) is 4.35. The van der Waals surface area contributed by atoms with Crippen LogP contribution in [0.1, 0.15) is 23.9 Å². The lowest BCUT2D eigenvalue weighted by Crippen LogP contribution is -2.20. The third-order valence-electron chi connectivity index (χ3n) is 3.03. The van der Waals surface area contributed by atoms with Crippen molar-refractivity contribution in [2.75, 3.05) is 7.05 Å². The Kier molecular flexibility index (Phi) is 4.49. The van der Waals surface area contributed by atoms with Crippen molar-refractivity contribution >= 4 is 15.9 Å². The molecule has 2 aromatic rings. The van der Waals surface area contributed by atoms with E-state index >= 15 is 0 Å². The van der Waals surface area contributed by atoms with Crippen LogP contribution >= 0.6 is 15.9 Å². The zero-order valence-electron chi connectivity index (χ0n) is 10.6. The van der Waals surface area contributed by atoms with Crippen molar-refractivity contribution < 1.29 is 0 Å². The minimum Gasteiger partial charge on any atom is -0.312 e. The van der Waals surface area contributed by atoms with Crippen LogP contribution in [0.25, 0.3) is 0 Å². The van der Waals surface area contributed by atoms with Gasteiger partial charge in [-0.1, -0.05) is 6.07 Å². The molecule has 0 aliphatic rings. The first-order chi connectivity index (χ1) is 8.72. The average molecular weight is 309 g/mol. The van der Waals surface area contributed by atoms with Crippen molar-refractivity contribution in [2.24, 2.45) is 7.05 Å². The first-order valence-electron chi connectivity index (χ1n) is 5.97. The van der Waals surface area contributed by atoms with Gasteiger partial charge >= 0.3 is 0 Å². The fourth-order valence-electron chi connectivity index (χ4n) is 2.07. The summed E-state index contributed by atoms with van der Waals surface area (Å²) in [7, 11) is 3.94. The molecule has 4 nitrogen and oxygen atoms in total. The minimum atomic E-state index is 0.272. The largest absolute Gasteiger partial charge is 0.312 e. The van der Waals surface area contributed by atoms with Crippen LogP contribution in [0.3, 0.4) is 0 Å². The third-order valence-corrected chi connectivity index (χ3v) is 3.64. The van der Waals surface area contributed by atoms with E-state index in [1.807, 2.05) is 43.3 Å². The molecule has 0 saturated carbocycles. The molecule has 96 valence electrons. The zero-order chi connectivity index (χ0) is 13.0. The van der Waals surface area contributed by atoms with E-state index in [1.54, 1.807) is 0 Å². The third kappa shape index (κ3) is 2.97. The molecule has 0 fully saturated rings. The Morgan fingerprint density at radius 3 is 2.83 bits per heavy atom. The fraction of sp³-hybridized carbons (Fsp3) is 0.385. The topological polar surface area (TPSA) is 42.7 Å². The van der Waals surface area contributed by atoms with Gasteiger partial charge in [0.1, 0.15) is 0 Å². The van der Waals surface area contributed by atoms with E-state index in [4.69, 9.17) is 0 Å². The summed E-state index contributed by atoms with van der Waals surface area (Å²) >= 11 is 3.55. The number of hydrogen-bond acceptors (Lipinski definition) is 3. The van der Waals surface area contributed by atoms with Crippen molar-refractivity contribution in [3.63, 3.8) is 0 Å². The number of halogens is 1. The predicted molar refractivity (Wildman–Crippen MR) is 75.3 cm³/mol. The van der Waals surface area contributed by atoms with Crippen molar-refractivity contribution in [3.05, 3.63) is 46.5 Å². The predicted octanol–water partition coefficient (Wildman–Crippen LogP) is 2.47. The van der Waals surface area contributed by atoms with E-state index in [9.17, 15) is 0 Å². The van der Waals surface area contributed by atoms with E-state index in [2.05, 4.69) is 37.4 Å². The van der Waals surface area contributed by atoms with Gasteiger partial charge in [-0.3, -0.25) is 9.67 Å². The van der Waals surface area contributed by atoms with Crippen LogP contribution in [0.2, 0.25) is 0 Å². The first-order valence-corrected chi connectivity index (χ1v) is 6.76. The zero-order valence-corrected chi connectivity index (χ0v) is 12.2. The maximum atomic E-state index is 4.35. The van der Waals surface area contributed by atoms with Gasteiger partial charge in [-0.05, 0) is 48.0 Å². The lowest BCUT2D eigenvalue weighted by molar-refractivity contribution is 0.502. The van der Waals surface area contributed by atoms with Crippen molar-refractivity contribution in [1.82, 2.24) is 20.1 Å². The number of nitrogens with one attached hydrogen (secondary N) is 1. The number of aromatic nitrogens is 3. The minimum absolute atomic E-state index is 0.272. The van der Waals surface area contributed by atoms with E-state index < -0.39 is 0 Å². The molecule has 1 N–H and O–H groups in total. The van der Waals surface area contributed by atoms with Gasteiger partial charge in [-0.15, -0.1) is 0 Å². The molecule has 5 heteroatoms. The van der Waals surface area contributed by atoms with Gasteiger partial charge in [0.25, 0.3) is 0 Å². The molecule has 2 heterocycles. The van der Waals surface area contributed by atoms with Crippen molar-refractivity contribution in [1.29, 1.82) is 0 Å². The number of hydrogen-bond donors (Lipinski definition) is 1.